The summed E-state index contributed by atoms with van der Waals surface area (Å²) in [7, 11) is 0. The van der Waals surface area contributed by atoms with E-state index in [1.54, 1.807) is 0 Å². The van der Waals surface area contributed by atoms with Crippen LogP contribution in [0.2, 0.25) is 0 Å². The van der Waals surface area contributed by atoms with Gasteiger partial charge in [0.25, 0.3) is 0 Å². The van der Waals surface area contributed by atoms with Crippen LogP contribution in [0.4, 0.5) is 0 Å². The number of hydrogen-bond donors (Lipinski definition) is 4. The number of esters is 1. The fourth-order valence-corrected chi connectivity index (χ4v) is 8.94. The maximum atomic E-state index is 12.9. The monoisotopic (exact) mass is 937 g/mol. The highest BCUT2D eigenvalue weighted by molar-refractivity contribution is 5.69. The first-order valence-electron chi connectivity index (χ1n) is 28.4. The molecular formula is C57H108O9. The fourth-order valence-electron chi connectivity index (χ4n) is 8.94. The summed E-state index contributed by atoms with van der Waals surface area (Å²) >= 11 is 0. The Morgan fingerprint density at radius 2 is 0.879 bits per heavy atom. The number of aliphatic hydroxyl groups is 4. The second-order valence-corrected chi connectivity index (χ2v) is 19.7. The van der Waals surface area contributed by atoms with Crippen molar-refractivity contribution in [3.63, 3.8) is 0 Å². The van der Waals surface area contributed by atoms with E-state index in [0.29, 0.717) is 13.0 Å². The second-order valence-electron chi connectivity index (χ2n) is 19.7. The molecule has 1 saturated heterocycles. The van der Waals surface area contributed by atoms with Gasteiger partial charge in [-0.05, 0) is 44.9 Å². The molecule has 66 heavy (non-hydrogen) atoms. The van der Waals surface area contributed by atoms with Gasteiger partial charge >= 0.3 is 5.97 Å². The molecule has 4 N–H and O–H groups in total. The van der Waals surface area contributed by atoms with E-state index in [4.69, 9.17) is 18.9 Å². The topological polar surface area (TPSA) is 135 Å². The summed E-state index contributed by atoms with van der Waals surface area (Å²) in [6.45, 7) is 4.58. The molecule has 1 aliphatic heterocycles. The Bertz CT molecular complexity index is 1070. The number of hydrogen-bond acceptors (Lipinski definition) is 9. The van der Waals surface area contributed by atoms with Gasteiger partial charge in [0.1, 0.15) is 30.5 Å². The predicted octanol–water partition coefficient (Wildman–Crippen LogP) is 14.5. The van der Waals surface area contributed by atoms with Crippen molar-refractivity contribution in [3.05, 3.63) is 24.3 Å². The van der Waals surface area contributed by atoms with Gasteiger partial charge in [-0.1, -0.05) is 244 Å². The van der Waals surface area contributed by atoms with Crippen molar-refractivity contribution in [1.82, 2.24) is 0 Å². The molecule has 390 valence electrons. The number of allylic oxidation sites excluding steroid dienone is 4. The molecule has 9 heteroatoms. The van der Waals surface area contributed by atoms with Crippen LogP contribution in [-0.2, 0) is 23.7 Å². The van der Waals surface area contributed by atoms with Crippen LogP contribution in [-0.4, -0.2) is 89.6 Å². The Morgan fingerprint density at radius 3 is 1.33 bits per heavy atom. The lowest BCUT2D eigenvalue weighted by Gasteiger charge is -2.39. The van der Waals surface area contributed by atoms with Crippen LogP contribution in [0.15, 0.2) is 24.3 Å². The molecule has 1 rings (SSSR count). The minimum Gasteiger partial charge on any atom is -0.457 e. The molecule has 1 fully saturated rings. The van der Waals surface area contributed by atoms with E-state index >= 15 is 0 Å². The molecule has 0 aromatic carbocycles. The van der Waals surface area contributed by atoms with E-state index in [9.17, 15) is 25.2 Å². The minimum atomic E-state index is -1.54. The number of carbonyl (C=O) groups excluding carboxylic acids is 1. The lowest BCUT2D eigenvalue weighted by Crippen LogP contribution is -2.59. The van der Waals surface area contributed by atoms with Gasteiger partial charge < -0.3 is 39.4 Å². The van der Waals surface area contributed by atoms with E-state index in [2.05, 4.69) is 38.2 Å². The van der Waals surface area contributed by atoms with Gasteiger partial charge in [-0.25, -0.2) is 0 Å². The largest absolute Gasteiger partial charge is 0.457 e. The zero-order valence-corrected chi connectivity index (χ0v) is 43.2. The van der Waals surface area contributed by atoms with Crippen LogP contribution in [0.25, 0.3) is 0 Å². The van der Waals surface area contributed by atoms with Crippen LogP contribution in [0.5, 0.6) is 0 Å². The first-order chi connectivity index (χ1) is 32.4. The smallest absolute Gasteiger partial charge is 0.306 e. The van der Waals surface area contributed by atoms with Crippen molar-refractivity contribution in [2.45, 2.75) is 307 Å². The van der Waals surface area contributed by atoms with Crippen molar-refractivity contribution < 1.29 is 44.2 Å². The van der Waals surface area contributed by atoms with Gasteiger partial charge in [0.05, 0.1) is 19.8 Å². The van der Waals surface area contributed by atoms with Gasteiger partial charge in [0, 0.05) is 13.0 Å². The number of aliphatic hydroxyl groups excluding tert-OH is 4. The number of carbonyl (C=O) groups is 1. The average molecular weight is 937 g/mol. The third kappa shape index (κ3) is 38.5. The van der Waals surface area contributed by atoms with Gasteiger partial charge in [-0.2, -0.15) is 0 Å². The van der Waals surface area contributed by atoms with Crippen LogP contribution in [0.1, 0.15) is 271 Å². The van der Waals surface area contributed by atoms with Gasteiger partial charge in [0.15, 0.2) is 6.29 Å². The van der Waals surface area contributed by atoms with Crippen LogP contribution in [0, 0.1) is 0 Å². The molecular weight excluding hydrogens is 829 g/mol. The summed E-state index contributed by atoms with van der Waals surface area (Å²) in [6.07, 6.45) is 52.3. The first kappa shape index (κ1) is 62.7. The molecule has 9 nitrogen and oxygen atoms in total. The Balaban J connectivity index is 2.14. The van der Waals surface area contributed by atoms with Crippen molar-refractivity contribution >= 4 is 5.97 Å². The molecule has 0 aromatic rings. The average Bonchev–Trinajstić information content (AvgIpc) is 3.32. The van der Waals surface area contributed by atoms with Crippen LogP contribution >= 0.6 is 0 Å². The summed E-state index contributed by atoms with van der Waals surface area (Å²) in [5, 5.41) is 40.3. The summed E-state index contributed by atoms with van der Waals surface area (Å²) in [6, 6.07) is 0. The SMILES string of the molecule is CCCCC/C=C\C/C=C\CCCCCCCCCCOCC(COC1OC(CO)C(O)C(O)C1O)OC(=O)CCCCCCCCCCCCCCCCCCCCCCCCCCC. The van der Waals surface area contributed by atoms with Crippen molar-refractivity contribution in [1.29, 1.82) is 0 Å². The third-order valence-electron chi connectivity index (χ3n) is 13.4. The van der Waals surface area contributed by atoms with Crippen molar-refractivity contribution in [3.8, 4) is 0 Å². The first-order valence-corrected chi connectivity index (χ1v) is 28.4. The third-order valence-corrected chi connectivity index (χ3v) is 13.4. The maximum absolute atomic E-state index is 12.9. The number of ether oxygens (including phenoxy) is 4. The summed E-state index contributed by atoms with van der Waals surface area (Å²) < 4.78 is 23.0. The number of rotatable bonds is 50. The lowest BCUT2D eigenvalue weighted by atomic mass is 9.99. The summed E-state index contributed by atoms with van der Waals surface area (Å²) in [5.74, 6) is -0.309. The molecule has 0 bridgehead atoms. The quantitative estimate of drug-likeness (QED) is 0.0267. The zero-order valence-electron chi connectivity index (χ0n) is 43.2. The molecule has 1 heterocycles. The van der Waals surface area contributed by atoms with E-state index in [1.807, 2.05) is 0 Å². The molecule has 0 amide bonds. The number of unbranched alkanes of at least 4 members (excludes halogenated alkanes) is 35. The second kappa shape index (κ2) is 48.7. The fraction of sp³-hybridized carbons (Fsp3) is 0.912. The molecule has 6 unspecified atom stereocenters. The van der Waals surface area contributed by atoms with E-state index in [-0.39, 0.29) is 19.2 Å². The normalized spacial score (nSPS) is 19.4. The molecule has 1 aliphatic rings. The summed E-state index contributed by atoms with van der Waals surface area (Å²) in [4.78, 5) is 12.9. The van der Waals surface area contributed by atoms with Crippen molar-refractivity contribution in [2.24, 2.45) is 0 Å². The van der Waals surface area contributed by atoms with E-state index < -0.39 is 43.4 Å². The van der Waals surface area contributed by atoms with Gasteiger partial charge in [-0.3, -0.25) is 4.79 Å². The van der Waals surface area contributed by atoms with Crippen molar-refractivity contribution in [2.75, 3.05) is 26.4 Å². The summed E-state index contributed by atoms with van der Waals surface area (Å²) in [5.41, 5.74) is 0. The maximum Gasteiger partial charge on any atom is 0.306 e. The zero-order chi connectivity index (χ0) is 47.8. The molecule has 6 atom stereocenters. The standard InChI is InChI=1S/C57H108O9/c1-3-5-7-9-11-13-15-17-19-21-23-24-25-26-27-28-29-30-32-34-36-38-40-42-44-46-53(59)65-51(50-64-57-56(62)55(61)54(60)52(48-58)66-57)49-63-47-45-43-41-39-37-35-33-31-22-20-18-16-14-12-10-8-6-4-2/h12,14,18,20,51-52,54-58,60-62H,3-11,13,15-17,19,21-50H2,1-2H3/b14-12-,20-18-. The van der Waals surface area contributed by atoms with Crippen LogP contribution < -0.4 is 0 Å². The molecule has 0 radical (unpaired) electrons. The van der Waals surface area contributed by atoms with E-state index in [0.717, 1.165) is 38.5 Å². The lowest BCUT2D eigenvalue weighted by molar-refractivity contribution is -0.305. The Labute approximate surface area is 407 Å². The van der Waals surface area contributed by atoms with E-state index in [1.165, 1.54) is 212 Å². The highest BCUT2D eigenvalue weighted by atomic mass is 16.7. The predicted molar refractivity (Wildman–Crippen MR) is 275 cm³/mol. The molecule has 0 saturated carbocycles. The molecule has 0 aromatic heterocycles. The Kier molecular flexibility index (Phi) is 46.2. The Hall–Kier alpha value is -1.33. The molecule has 0 spiro atoms. The van der Waals surface area contributed by atoms with Crippen LogP contribution in [0.3, 0.4) is 0 Å². The van der Waals surface area contributed by atoms with Gasteiger partial charge in [0.2, 0.25) is 0 Å². The highest BCUT2D eigenvalue weighted by Crippen LogP contribution is 2.23. The molecule has 0 aliphatic carbocycles. The highest BCUT2D eigenvalue weighted by Gasteiger charge is 2.44. The minimum absolute atomic E-state index is 0.111. The van der Waals surface area contributed by atoms with Gasteiger partial charge in [-0.15, -0.1) is 0 Å². The Morgan fingerprint density at radius 1 is 0.485 bits per heavy atom.